The number of hydrogen-bond donors (Lipinski definition) is 1. The van der Waals surface area contributed by atoms with Crippen LogP contribution in [0, 0.1) is 28.9 Å². The summed E-state index contributed by atoms with van der Waals surface area (Å²) in [5.41, 5.74) is 1.56. The van der Waals surface area contributed by atoms with E-state index in [9.17, 15) is 18.8 Å². The fraction of sp³-hybridized carbons (Fsp3) is 0.333. The first-order chi connectivity index (χ1) is 11.5. The Labute approximate surface area is 142 Å². The Morgan fingerprint density at radius 2 is 2.25 bits per heavy atom. The number of nitriles is 1. The molecule has 1 heterocycles. The van der Waals surface area contributed by atoms with Crippen LogP contribution < -0.4 is 5.32 Å². The summed E-state index contributed by atoms with van der Waals surface area (Å²) in [4.78, 5) is 13.7. The summed E-state index contributed by atoms with van der Waals surface area (Å²) in [5.74, 6) is -1.35. The summed E-state index contributed by atoms with van der Waals surface area (Å²) in [6, 6.07) is 3.68. The number of carbonyl (C=O) groups is 1. The number of rotatable bonds is 3. The van der Waals surface area contributed by atoms with Gasteiger partial charge in [-0.3, -0.25) is 4.79 Å². The van der Waals surface area contributed by atoms with Gasteiger partial charge in [0.2, 0.25) is 0 Å². The summed E-state index contributed by atoms with van der Waals surface area (Å²) in [5, 5.41) is 13.6. The van der Waals surface area contributed by atoms with Crippen molar-refractivity contribution in [3.05, 3.63) is 56.8 Å². The van der Waals surface area contributed by atoms with E-state index in [1.807, 2.05) is 6.07 Å². The Bertz CT molecular complexity index is 825. The molecule has 0 fully saturated rings. The van der Waals surface area contributed by atoms with Crippen molar-refractivity contribution in [2.75, 3.05) is 0 Å². The number of nitrogens with one attached hydrogen (secondary N) is 1. The zero-order valence-electron chi connectivity index (χ0n) is 13.1. The van der Waals surface area contributed by atoms with Crippen LogP contribution in [0.4, 0.5) is 8.78 Å². The number of halogens is 2. The maximum atomic E-state index is 13.9. The highest BCUT2D eigenvalue weighted by atomic mass is 32.1. The highest BCUT2D eigenvalue weighted by molar-refractivity contribution is 7.10. The first-order valence-electron chi connectivity index (χ1n) is 7.74. The van der Waals surface area contributed by atoms with Gasteiger partial charge in [-0.15, -0.1) is 11.3 Å². The molecule has 1 amide bonds. The minimum atomic E-state index is -1.16. The van der Waals surface area contributed by atoms with Crippen LogP contribution in [-0.4, -0.2) is 5.91 Å². The normalized spacial score (nSPS) is 17.7. The molecule has 1 aromatic heterocycles. The molecule has 1 aromatic carbocycles. The summed E-state index contributed by atoms with van der Waals surface area (Å²) >= 11 is 1.55. The lowest BCUT2D eigenvalue weighted by molar-refractivity contribution is 0.0944. The van der Waals surface area contributed by atoms with Crippen molar-refractivity contribution in [1.82, 2.24) is 5.32 Å². The second kappa shape index (κ2) is 6.70. The molecule has 1 N–H and O–H groups in total. The van der Waals surface area contributed by atoms with Crippen LogP contribution in [0.15, 0.2) is 23.6 Å². The molecule has 0 radical (unpaired) electrons. The molecule has 1 aliphatic carbocycles. The van der Waals surface area contributed by atoms with Gasteiger partial charge in [-0.1, -0.05) is 13.0 Å². The molecule has 3 rings (SSSR count). The summed E-state index contributed by atoms with van der Waals surface area (Å²) in [6.07, 6.45) is 2.82. The minimum Gasteiger partial charge on any atom is -0.332 e. The summed E-state index contributed by atoms with van der Waals surface area (Å²) < 4.78 is 26.9. The fourth-order valence-corrected chi connectivity index (χ4v) is 4.24. The van der Waals surface area contributed by atoms with Crippen LogP contribution in [0.2, 0.25) is 0 Å². The number of fused-ring (bicyclic) bond motifs is 1. The standard InChI is InChI=1S/C18H16F2N2OS/c1-10-2-4-12-14(9-24-17(12)6-10)18(23)22-16(8-21)13-5-3-11(19)7-15(13)20/h3,5,7,9-10,16H,2,4,6H2,1H3,(H,22,23). The van der Waals surface area contributed by atoms with E-state index in [1.54, 1.807) is 16.7 Å². The molecule has 2 atom stereocenters. The van der Waals surface area contributed by atoms with Crippen molar-refractivity contribution in [3.8, 4) is 6.07 Å². The maximum absolute atomic E-state index is 13.9. The van der Waals surface area contributed by atoms with Crippen molar-refractivity contribution in [3.63, 3.8) is 0 Å². The van der Waals surface area contributed by atoms with Gasteiger partial charge in [0, 0.05) is 21.9 Å². The van der Waals surface area contributed by atoms with E-state index in [0.29, 0.717) is 17.5 Å². The van der Waals surface area contributed by atoms with Crippen LogP contribution in [0.1, 0.15) is 45.7 Å². The molecule has 2 aromatic rings. The zero-order chi connectivity index (χ0) is 17.3. The van der Waals surface area contributed by atoms with Gasteiger partial charge in [0.25, 0.3) is 5.91 Å². The predicted octanol–water partition coefficient (Wildman–Crippen LogP) is 4.15. The molecule has 0 saturated carbocycles. The van der Waals surface area contributed by atoms with E-state index in [0.717, 1.165) is 30.9 Å². The highest BCUT2D eigenvalue weighted by Gasteiger charge is 2.25. The predicted molar refractivity (Wildman–Crippen MR) is 87.7 cm³/mol. The summed E-state index contributed by atoms with van der Waals surface area (Å²) in [6.45, 7) is 2.19. The van der Waals surface area contributed by atoms with Crippen molar-refractivity contribution < 1.29 is 13.6 Å². The smallest absolute Gasteiger partial charge is 0.253 e. The number of hydrogen-bond acceptors (Lipinski definition) is 3. The largest absolute Gasteiger partial charge is 0.332 e. The Morgan fingerprint density at radius 3 is 2.96 bits per heavy atom. The minimum absolute atomic E-state index is 0.0371. The van der Waals surface area contributed by atoms with Gasteiger partial charge in [0.15, 0.2) is 0 Å². The summed E-state index contributed by atoms with van der Waals surface area (Å²) in [7, 11) is 0. The fourth-order valence-electron chi connectivity index (χ4n) is 2.99. The molecule has 1 aliphatic rings. The third kappa shape index (κ3) is 3.17. The molecule has 6 heteroatoms. The van der Waals surface area contributed by atoms with E-state index in [1.165, 1.54) is 10.9 Å². The number of nitrogens with zero attached hydrogens (tertiary/aromatic N) is 1. The molecule has 3 nitrogen and oxygen atoms in total. The average molecular weight is 346 g/mol. The lowest BCUT2D eigenvalue weighted by atomic mass is 9.88. The van der Waals surface area contributed by atoms with E-state index >= 15 is 0 Å². The van der Waals surface area contributed by atoms with E-state index < -0.39 is 23.6 Å². The zero-order valence-corrected chi connectivity index (χ0v) is 13.9. The Hall–Kier alpha value is -2.26. The van der Waals surface area contributed by atoms with Gasteiger partial charge in [0.05, 0.1) is 11.6 Å². The molecule has 24 heavy (non-hydrogen) atoms. The van der Waals surface area contributed by atoms with Gasteiger partial charge < -0.3 is 5.32 Å². The third-order valence-corrected chi connectivity index (χ3v) is 5.38. The van der Waals surface area contributed by atoms with E-state index in [4.69, 9.17) is 0 Å². The van der Waals surface area contributed by atoms with Gasteiger partial charge >= 0.3 is 0 Å². The number of thiophene rings is 1. The van der Waals surface area contributed by atoms with Crippen molar-refractivity contribution in [1.29, 1.82) is 5.26 Å². The molecule has 2 unspecified atom stereocenters. The maximum Gasteiger partial charge on any atom is 0.253 e. The number of benzene rings is 1. The van der Waals surface area contributed by atoms with Crippen LogP contribution in [0.25, 0.3) is 0 Å². The van der Waals surface area contributed by atoms with Crippen LogP contribution in [0.3, 0.4) is 0 Å². The lowest BCUT2D eigenvalue weighted by Gasteiger charge is -2.19. The van der Waals surface area contributed by atoms with Gasteiger partial charge in [-0.05, 0) is 36.8 Å². The highest BCUT2D eigenvalue weighted by Crippen LogP contribution is 2.33. The molecular weight excluding hydrogens is 330 g/mol. The van der Waals surface area contributed by atoms with Crippen molar-refractivity contribution in [2.24, 2.45) is 5.92 Å². The Kier molecular flexibility index (Phi) is 4.63. The molecule has 0 saturated heterocycles. The van der Waals surface area contributed by atoms with Crippen LogP contribution >= 0.6 is 11.3 Å². The van der Waals surface area contributed by atoms with Crippen molar-refractivity contribution in [2.45, 2.75) is 32.2 Å². The topological polar surface area (TPSA) is 52.9 Å². The average Bonchev–Trinajstić information content (AvgIpc) is 2.96. The van der Waals surface area contributed by atoms with Crippen LogP contribution in [0.5, 0.6) is 0 Å². The van der Waals surface area contributed by atoms with Gasteiger partial charge in [-0.2, -0.15) is 5.26 Å². The molecule has 0 spiro atoms. The lowest BCUT2D eigenvalue weighted by Crippen LogP contribution is -2.29. The second-order valence-corrected chi connectivity index (χ2v) is 7.06. The second-order valence-electron chi connectivity index (χ2n) is 6.10. The molecule has 0 aliphatic heterocycles. The Balaban J connectivity index is 1.82. The molecular formula is C18H16F2N2OS. The number of amides is 1. The van der Waals surface area contributed by atoms with E-state index in [-0.39, 0.29) is 5.56 Å². The monoisotopic (exact) mass is 346 g/mol. The van der Waals surface area contributed by atoms with Crippen molar-refractivity contribution >= 4 is 17.2 Å². The Morgan fingerprint density at radius 1 is 1.46 bits per heavy atom. The quantitative estimate of drug-likeness (QED) is 0.908. The number of carbonyl (C=O) groups excluding carboxylic acids is 1. The third-order valence-electron chi connectivity index (χ3n) is 4.32. The van der Waals surface area contributed by atoms with E-state index in [2.05, 4.69) is 12.2 Å². The molecule has 0 bridgehead atoms. The first-order valence-corrected chi connectivity index (χ1v) is 8.62. The van der Waals surface area contributed by atoms with Crippen LogP contribution in [-0.2, 0) is 12.8 Å². The SMILES string of the molecule is CC1CCc2c(C(=O)NC(C#N)c3ccc(F)cc3F)csc2C1. The van der Waals surface area contributed by atoms with Gasteiger partial charge in [-0.25, -0.2) is 8.78 Å². The molecule has 124 valence electrons. The first kappa shape index (κ1) is 16.6. The van der Waals surface area contributed by atoms with Gasteiger partial charge in [0.1, 0.15) is 17.7 Å².